The van der Waals surface area contributed by atoms with Gasteiger partial charge in [-0.1, -0.05) is 25.1 Å². The van der Waals surface area contributed by atoms with Crippen molar-refractivity contribution in [2.45, 2.75) is 18.4 Å². The Hall–Kier alpha value is -2.64. The van der Waals surface area contributed by atoms with E-state index in [9.17, 15) is 13.2 Å². The number of nitrogens with two attached hydrogens (primary N) is 1. The summed E-state index contributed by atoms with van der Waals surface area (Å²) in [6, 6.07) is 15.8. The number of hydrogen-bond donors (Lipinski definition) is 2. The highest BCUT2D eigenvalue weighted by molar-refractivity contribution is 7.89. The standard InChI is InChI=1S/C19H21N3O3S/c1-14(13-22-11-10-15-4-2-3-5-18(15)22)12-21-19(23)16-6-8-17(9-7-16)26(20,24)25/h2-11,14H,12-13H2,1H3,(H,21,23)(H2,20,24,25)/t14-/m0/s1. The Morgan fingerprint density at radius 1 is 1.12 bits per heavy atom. The zero-order chi connectivity index (χ0) is 18.7. The first-order chi connectivity index (χ1) is 12.3. The lowest BCUT2D eigenvalue weighted by Crippen LogP contribution is -2.30. The summed E-state index contributed by atoms with van der Waals surface area (Å²) in [5.74, 6) is -0.00590. The molecule has 7 heteroatoms. The van der Waals surface area contributed by atoms with Crippen LogP contribution in [0.3, 0.4) is 0 Å². The van der Waals surface area contributed by atoms with Crippen LogP contribution >= 0.6 is 0 Å². The Morgan fingerprint density at radius 2 is 1.81 bits per heavy atom. The highest BCUT2D eigenvalue weighted by Crippen LogP contribution is 2.16. The molecule has 1 heterocycles. The van der Waals surface area contributed by atoms with Crippen LogP contribution in [0.5, 0.6) is 0 Å². The van der Waals surface area contributed by atoms with Gasteiger partial charge >= 0.3 is 0 Å². The lowest BCUT2D eigenvalue weighted by molar-refractivity contribution is 0.0947. The predicted molar refractivity (Wildman–Crippen MR) is 101 cm³/mol. The second kappa shape index (κ2) is 7.31. The van der Waals surface area contributed by atoms with Crippen LogP contribution in [-0.4, -0.2) is 25.4 Å². The minimum Gasteiger partial charge on any atom is -0.352 e. The zero-order valence-electron chi connectivity index (χ0n) is 14.4. The molecule has 26 heavy (non-hydrogen) atoms. The fourth-order valence-corrected chi connectivity index (χ4v) is 3.38. The Bertz CT molecular complexity index is 1020. The zero-order valence-corrected chi connectivity index (χ0v) is 15.2. The van der Waals surface area contributed by atoms with E-state index >= 15 is 0 Å². The minimum absolute atomic E-state index is 0.0121. The predicted octanol–water partition coefficient (Wildman–Crippen LogP) is 2.35. The lowest BCUT2D eigenvalue weighted by atomic mass is 10.1. The highest BCUT2D eigenvalue weighted by Gasteiger charge is 2.12. The molecule has 0 saturated heterocycles. The van der Waals surface area contributed by atoms with E-state index in [2.05, 4.69) is 41.2 Å². The van der Waals surface area contributed by atoms with Crippen molar-refractivity contribution in [3.63, 3.8) is 0 Å². The Kier molecular flexibility index (Phi) is 5.11. The average Bonchev–Trinajstić information content (AvgIpc) is 3.02. The molecule has 0 spiro atoms. The molecule has 1 amide bonds. The number of carbonyl (C=O) groups is 1. The number of para-hydroxylation sites is 1. The highest BCUT2D eigenvalue weighted by atomic mass is 32.2. The van der Waals surface area contributed by atoms with E-state index < -0.39 is 10.0 Å². The molecule has 0 unspecified atom stereocenters. The van der Waals surface area contributed by atoms with Gasteiger partial charge in [-0.3, -0.25) is 4.79 Å². The van der Waals surface area contributed by atoms with Crippen LogP contribution in [-0.2, 0) is 16.6 Å². The molecule has 0 aliphatic heterocycles. The van der Waals surface area contributed by atoms with Crippen molar-refractivity contribution >= 4 is 26.8 Å². The maximum absolute atomic E-state index is 12.2. The van der Waals surface area contributed by atoms with Gasteiger partial charge in [0.1, 0.15) is 0 Å². The third kappa shape index (κ3) is 4.12. The van der Waals surface area contributed by atoms with E-state index in [0.29, 0.717) is 12.1 Å². The first-order valence-electron chi connectivity index (χ1n) is 8.29. The molecule has 0 bridgehead atoms. The van der Waals surface area contributed by atoms with Crippen LogP contribution in [0.15, 0.2) is 65.7 Å². The molecule has 0 radical (unpaired) electrons. The van der Waals surface area contributed by atoms with E-state index in [-0.39, 0.29) is 16.7 Å². The first-order valence-corrected chi connectivity index (χ1v) is 9.84. The molecule has 1 aromatic heterocycles. The number of primary sulfonamides is 1. The Labute approximate surface area is 152 Å². The number of nitrogens with one attached hydrogen (secondary N) is 1. The SMILES string of the molecule is C[C@@H](CNC(=O)c1ccc(S(N)(=O)=O)cc1)Cn1ccc2ccccc21. The lowest BCUT2D eigenvalue weighted by Gasteiger charge is -2.15. The van der Waals surface area contributed by atoms with Crippen molar-refractivity contribution in [1.29, 1.82) is 0 Å². The molecular formula is C19H21N3O3S. The van der Waals surface area contributed by atoms with Crippen molar-refractivity contribution in [3.8, 4) is 0 Å². The van der Waals surface area contributed by atoms with Crippen LogP contribution in [0.2, 0.25) is 0 Å². The van der Waals surface area contributed by atoms with Gasteiger partial charge in [0.25, 0.3) is 5.91 Å². The van der Waals surface area contributed by atoms with Crippen LogP contribution < -0.4 is 10.5 Å². The van der Waals surface area contributed by atoms with Gasteiger partial charge in [0.15, 0.2) is 0 Å². The second-order valence-electron chi connectivity index (χ2n) is 6.41. The molecule has 136 valence electrons. The minimum atomic E-state index is -3.75. The van der Waals surface area contributed by atoms with Gasteiger partial charge in [0.2, 0.25) is 10.0 Å². The smallest absolute Gasteiger partial charge is 0.251 e. The van der Waals surface area contributed by atoms with E-state index in [1.807, 2.05) is 12.1 Å². The summed E-state index contributed by atoms with van der Waals surface area (Å²) >= 11 is 0. The molecule has 3 aromatic rings. The molecule has 6 nitrogen and oxygen atoms in total. The number of sulfonamides is 1. The Balaban J connectivity index is 1.58. The summed E-state index contributed by atoms with van der Waals surface area (Å²) in [7, 11) is -3.75. The van der Waals surface area contributed by atoms with E-state index in [4.69, 9.17) is 5.14 Å². The monoisotopic (exact) mass is 371 g/mol. The third-order valence-electron chi connectivity index (χ3n) is 4.24. The molecular weight excluding hydrogens is 350 g/mol. The van der Waals surface area contributed by atoms with Crippen LogP contribution in [0.1, 0.15) is 17.3 Å². The fourth-order valence-electron chi connectivity index (χ4n) is 2.87. The van der Waals surface area contributed by atoms with Gasteiger partial charge in [-0.15, -0.1) is 0 Å². The van der Waals surface area contributed by atoms with Gasteiger partial charge in [0.05, 0.1) is 4.90 Å². The topological polar surface area (TPSA) is 94.2 Å². The number of amides is 1. The number of nitrogens with zero attached hydrogens (tertiary/aromatic N) is 1. The summed E-state index contributed by atoms with van der Waals surface area (Å²) in [5.41, 5.74) is 1.57. The van der Waals surface area contributed by atoms with Crippen LogP contribution in [0.25, 0.3) is 10.9 Å². The third-order valence-corrected chi connectivity index (χ3v) is 5.17. The fraction of sp³-hybridized carbons (Fsp3) is 0.211. The number of hydrogen-bond acceptors (Lipinski definition) is 3. The maximum atomic E-state index is 12.2. The second-order valence-corrected chi connectivity index (χ2v) is 7.97. The summed E-state index contributed by atoms with van der Waals surface area (Å²) in [4.78, 5) is 12.2. The quantitative estimate of drug-likeness (QED) is 0.696. The summed E-state index contributed by atoms with van der Waals surface area (Å²) in [5, 5.41) is 9.13. The van der Waals surface area contributed by atoms with Gasteiger partial charge in [-0.25, -0.2) is 13.6 Å². The summed E-state index contributed by atoms with van der Waals surface area (Å²) < 4.78 is 24.7. The maximum Gasteiger partial charge on any atom is 0.251 e. The number of fused-ring (bicyclic) bond motifs is 1. The molecule has 0 aliphatic rings. The van der Waals surface area contributed by atoms with E-state index in [1.165, 1.54) is 35.2 Å². The van der Waals surface area contributed by atoms with Crippen molar-refractivity contribution in [2.75, 3.05) is 6.54 Å². The van der Waals surface area contributed by atoms with Crippen molar-refractivity contribution < 1.29 is 13.2 Å². The Morgan fingerprint density at radius 3 is 2.50 bits per heavy atom. The molecule has 0 fully saturated rings. The van der Waals surface area contributed by atoms with Gasteiger partial charge < -0.3 is 9.88 Å². The summed E-state index contributed by atoms with van der Waals surface area (Å²) in [6.45, 7) is 3.37. The van der Waals surface area contributed by atoms with Gasteiger partial charge in [0, 0.05) is 30.4 Å². The molecule has 3 rings (SSSR count). The largest absolute Gasteiger partial charge is 0.352 e. The molecule has 0 saturated carbocycles. The molecule has 3 N–H and O–H groups in total. The van der Waals surface area contributed by atoms with Crippen LogP contribution in [0, 0.1) is 5.92 Å². The summed E-state index contributed by atoms with van der Waals surface area (Å²) in [6.07, 6.45) is 2.05. The van der Waals surface area contributed by atoms with Gasteiger partial charge in [-0.2, -0.15) is 0 Å². The van der Waals surface area contributed by atoms with Crippen molar-refractivity contribution in [1.82, 2.24) is 9.88 Å². The molecule has 0 aliphatic carbocycles. The van der Waals surface area contributed by atoms with Gasteiger partial charge in [-0.05, 0) is 47.7 Å². The number of aromatic nitrogens is 1. The van der Waals surface area contributed by atoms with E-state index in [1.54, 1.807) is 0 Å². The number of benzene rings is 2. The van der Waals surface area contributed by atoms with Crippen molar-refractivity contribution in [2.24, 2.45) is 11.1 Å². The molecule has 1 atom stereocenters. The van der Waals surface area contributed by atoms with E-state index in [0.717, 1.165) is 6.54 Å². The number of carbonyl (C=O) groups excluding carboxylic acids is 1. The normalized spacial score (nSPS) is 12.8. The molecule has 2 aromatic carbocycles. The first kappa shape index (κ1) is 18.2. The number of rotatable bonds is 6. The van der Waals surface area contributed by atoms with Crippen LogP contribution in [0.4, 0.5) is 0 Å². The van der Waals surface area contributed by atoms with Crippen molar-refractivity contribution in [3.05, 3.63) is 66.4 Å². The average molecular weight is 371 g/mol.